The Morgan fingerprint density at radius 2 is 2.06 bits per heavy atom. The van der Waals surface area contributed by atoms with Gasteiger partial charge in [0.1, 0.15) is 0 Å². The van der Waals surface area contributed by atoms with Gasteiger partial charge < -0.3 is 10.3 Å². The van der Waals surface area contributed by atoms with Crippen molar-refractivity contribution in [2.24, 2.45) is 5.92 Å². The van der Waals surface area contributed by atoms with Crippen molar-refractivity contribution in [2.45, 2.75) is 26.2 Å². The lowest BCUT2D eigenvalue weighted by Crippen LogP contribution is -2.28. The number of aromatic nitrogens is 1. The fourth-order valence-electron chi connectivity index (χ4n) is 2.91. The fraction of sp³-hybridized carbons (Fsp3) is 0.467. The number of aryl methyl sites for hydroxylation is 1. The number of halogens is 1. The molecule has 0 amide bonds. The number of H-pyrrole nitrogens is 1. The minimum Gasteiger partial charge on any atom is -0.359 e. The van der Waals surface area contributed by atoms with Crippen molar-refractivity contribution in [3.05, 3.63) is 34.5 Å². The predicted octanol–water partition coefficient (Wildman–Crippen LogP) is 3.67. The molecule has 0 unspecified atom stereocenters. The van der Waals surface area contributed by atoms with Gasteiger partial charge in [-0.1, -0.05) is 17.7 Å². The second-order valence-corrected chi connectivity index (χ2v) is 5.73. The molecule has 0 bridgehead atoms. The molecule has 2 heterocycles. The van der Waals surface area contributed by atoms with E-state index in [-0.39, 0.29) is 0 Å². The number of rotatable bonds is 2. The van der Waals surface area contributed by atoms with Gasteiger partial charge in [-0.2, -0.15) is 0 Å². The third-order valence-electron chi connectivity index (χ3n) is 3.92. The summed E-state index contributed by atoms with van der Waals surface area (Å²) in [5.74, 6) is 0.779. The zero-order valence-corrected chi connectivity index (χ0v) is 11.5. The van der Waals surface area contributed by atoms with Crippen LogP contribution >= 0.6 is 11.6 Å². The third kappa shape index (κ3) is 2.27. The van der Waals surface area contributed by atoms with Crippen molar-refractivity contribution in [3.63, 3.8) is 0 Å². The van der Waals surface area contributed by atoms with Gasteiger partial charge in [0.2, 0.25) is 0 Å². The van der Waals surface area contributed by atoms with E-state index in [4.69, 9.17) is 11.6 Å². The molecule has 96 valence electrons. The summed E-state index contributed by atoms with van der Waals surface area (Å²) >= 11 is 6.54. The van der Waals surface area contributed by atoms with Crippen LogP contribution in [0.5, 0.6) is 0 Å². The zero-order chi connectivity index (χ0) is 12.5. The Kier molecular flexibility index (Phi) is 3.31. The second-order valence-electron chi connectivity index (χ2n) is 5.35. The lowest BCUT2D eigenvalue weighted by Gasteiger charge is -2.23. The summed E-state index contributed by atoms with van der Waals surface area (Å²) in [5, 5.41) is 5.52. The molecule has 0 spiro atoms. The van der Waals surface area contributed by atoms with Gasteiger partial charge in [0, 0.05) is 16.6 Å². The molecule has 0 aliphatic carbocycles. The van der Waals surface area contributed by atoms with E-state index < -0.39 is 0 Å². The predicted molar refractivity (Wildman–Crippen MR) is 77.3 cm³/mol. The van der Waals surface area contributed by atoms with E-state index in [2.05, 4.69) is 35.4 Å². The topological polar surface area (TPSA) is 27.8 Å². The first-order chi connectivity index (χ1) is 8.74. The Morgan fingerprint density at radius 1 is 1.28 bits per heavy atom. The minimum atomic E-state index is 0.779. The first-order valence-corrected chi connectivity index (χ1v) is 7.09. The quantitative estimate of drug-likeness (QED) is 0.849. The standard InChI is InChI=1S/C15H19ClN2/c1-10-8-13-14(18-10)3-2-12(15(13)16)9-11-4-6-17-7-5-11/h2-3,8,11,17-18H,4-7,9H2,1H3. The molecule has 1 aromatic heterocycles. The molecule has 1 saturated heterocycles. The van der Waals surface area contributed by atoms with Gasteiger partial charge in [0.05, 0.1) is 5.02 Å². The van der Waals surface area contributed by atoms with E-state index in [0.29, 0.717) is 0 Å². The molecule has 18 heavy (non-hydrogen) atoms. The minimum absolute atomic E-state index is 0.779. The largest absolute Gasteiger partial charge is 0.359 e. The van der Waals surface area contributed by atoms with Crippen LogP contribution in [0.1, 0.15) is 24.1 Å². The third-order valence-corrected chi connectivity index (χ3v) is 4.37. The smallest absolute Gasteiger partial charge is 0.0531 e. The SMILES string of the molecule is Cc1cc2c(Cl)c(CC3CCNCC3)ccc2[nH]1. The van der Waals surface area contributed by atoms with Gasteiger partial charge in [-0.05, 0) is 62.9 Å². The van der Waals surface area contributed by atoms with Gasteiger partial charge >= 0.3 is 0 Å². The Hall–Kier alpha value is -0.990. The van der Waals surface area contributed by atoms with Gasteiger partial charge in [-0.25, -0.2) is 0 Å². The molecule has 1 aromatic carbocycles. The summed E-state index contributed by atoms with van der Waals surface area (Å²) in [6.07, 6.45) is 3.64. The van der Waals surface area contributed by atoms with Gasteiger partial charge in [-0.15, -0.1) is 0 Å². The molecule has 1 fully saturated rings. The van der Waals surface area contributed by atoms with Gasteiger partial charge in [0.15, 0.2) is 0 Å². The summed E-state index contributed by atoms with van der Waals surface area (Å²) in [5.41, 5.74) is 3.62. The Balaban J connectivity index is 1.89. The first-order valence-electron chi connectivity index (χ1n) is 6.71. The Labute approximate surface area is 113 Å². The molecule has 3 heteroatoms. The number of fused-ring (bicyclic) bond motifs is 1. The zero-order valence-electron chi connectivity index (χ0n) is 10.7. The van der Waals surface area contributed by atoms with Crippen molar-refractivity contribution in [1.29, 1.82) is 0 Å². The maximum Gasteiger partial charge on any atom is 0.0531 e. The van der Waals surface area contributed by atoms with Crippen LogP contribution in [0.15, 0.2) is 18.2 Å². The summed E-state index contributed by atoms with van der Waals surface area (Å²) < 4.78 is 0. The number of piperidine rings is 1. The molecule has 0 atom stereocenters. The van der Waals surface area contributed by atoms with Crippen LogP contribution in [0.25, 0.3) is 10.9 Å². The normalized spacial score (nSPS) is 17.4. The van der Waals surface area contributed by atoms with Crippen LogP contribution in [-0.4, -0.2) is 18.1 Å². The highest BCUT2D eigenvalue weighted by Gasteiger charge is 2.16. The van der Waals surface area contributed by atoms with Crippen molar-refractivity contribution >= 4 is 22.5 Å². The molecular formula is C15H19ClN2. The van der Waals surface area contributed by atoms with Crippen LogP contribution in [0.3, 0.4) is 0 Å². The highest BCUT2D eigenvalue weighted by Crippen LogP contribution is 2.30. The number of aromatic amines is 1. The molecule has 3 rings (SSSR count). The Morgan fingerprint density at radius 3 is 2.83 bits per heavy atom. The first kappa shape index (κ1) is 12.1. The molecule has 0 saturated carbocycles. The van der Waals surface area contributed by atoms with Crippen LogP contribution in [-0.2, 0) is 6.42 Å². The second kappa shape index (κ2) is 4.94. The van der Waals surface area contributed by atoms with Crippen LogP contribution in [0, 0.1) is 12.8 Å². The fourth-order valence-corrected chi connectivity index (χ4v) is 3.20. The van der Waals surface area contributed by atoms with E-state index in [1.807, 2.05) is 0 Å². The van der Waals surface area contributed by atoms with Crippen molar-refractivity contribution in [1.82, 2.24) is 10.3 Å². The molecule has 0 radical (unpaired) electrons. The maximum absolute atomic E-state index is 6.54. The summed E-state index contributed by atoms with van der Waals surface area (Å²) in [6, 6.07) is 6.48. The lowest BCUT2D eigenvalue weighted by atomic mass is 9.90. The molecular weight excluding hydrogens is 244 g/mol. The average Bonchev–Trinajstić information content (AvgIpc) is 2.76. The van der Waals surface area contributed by atoms with Crippen molar-refractivity contribution in [3.8, 4) is 0 Å². The summed E-state index contributed by atoms with van der Waals surface area (Å²) in [7, 11) is 0. The van der Waals surface area contributed by atoms with Gasteiger partial charge in [-0.3, -0.25) is 0 Å². The lowest BCUT2D eigenvalue weighted by molar-refractivity contribution is 0.373. The van der Waals surface area contributed by atoms with Crippen LogP contribution < -0.4 is 5.32 Å². The van der Waals surface area contributed by atoms with E-state index in [9.17, 15) is 0 Å². The van der Waals surface area contributed by atoms with E-state index in [1.165, 1.54) is 29.5 Å². The average molecular weight is 263 g/mol. The van der Waals surface area contributed by atoms with Gasteiger partial charge in [0.25, 0.3) is 0 Å². The molecule has 2 aromatic rings. The molecule has 2 nitrogen and oxygen atoms in total. The highest BCUT2D eigenvalue weighted by molar-refractivity contribution is 6.36. The molecule has 2 N–H and O–H groups in total. The van der Waals surface area contributed by atoms with Crippen molar-refractivity contribution < 1.29 is 0 Å². The monoisotopic (exact) mass is 262 g/mol. The van der Waals surface area contributed by atoms with E-state index >= 15 is 0 Å². The highest BCUT2D eigenvalue weighted by atomic mass is 35.5. The summed E-state index contributed by atoms with van der Waals surface area (Å²) in [6.45, 7) is 4.37. The van der Waals surface area contributed by atoms with Crippen molar-refractivity contribution in [2.75, 3.05) is 13.1 Å². The van der Waals surface area contributed by atoms with Crippen LogP contribution in [0.4, 0.5) is 0 Å². The van der Waals surface area contributed by atoms with E-state index in [0.717, 1.165) is 36.0 Å². The maximum atomic E-state index is 6.54. The molecule has 1 aliphatic rings. The number of benzene rings is 1. The number of hydrogen-bond donors (Lipinski definition) is 2. The molecule has 1 aliphatic heterocycles. The number of hydrogen-bond acceptors (Lipinski definition) is 1. The Bertz CT molecular complexity index is 553. The van der Waals surface area contributed by atoms with E-state index in [1.54, 1.807) is 0 Å². The number of nitrogens with one attached hydrogen (secondary N) is 2. The van der Waals surface area contributed by atoms with Crippen LogP contribution in [0.2, 0.25) is 5.02 Å². The summed E-state index contributed by atoms with van der Waals surface area (Å²) in [4.78, 5) is 3.34.